The number of benzene rings is 1. The Balaban J connectivity index is 1.23. The van der Waals surface area contributed by atoms with E-state index < -0.39 is 0 Å². The average molecular weight is 438 g/mol. The van der Waals surface area contributed by atoms with Gasteiger partial charge in [0.2, 0.25) is 0 Å². The highest BCUT2D eigenvalue weighted by atomic mass is 16.5. The third-order valence-electron chi connectivity index (χ3n) is 6.47. The molecule has 170 valence electrons. The van der Waals surface area contributed by atoms with Crippen LogP contribution < -0.4 is 10.1 Å². The van der Waals surface area contributed by atoms with Crippen LogP contribution in [0.4, 0.5) is 0 Å². The van der Waals surface area contributed by atoms with Gasteiger partial charge in [-0.25, -0.2) is 0 Å². The van der Waals surface area contributed by atoms with Crippen molar-refractivity contribution in [1.29, 1.82) is 0 Å². The van der Waals surface area contributed by atoms with E-state index in [1.165, 1.54) is 0 Å². The number of rotatable bonds is 6. The van der Waals surface area contributed by atoms with Crippen LogP contribution in [0.5, 0.6) is 5.75 Å². The van der Waals surface area contributed by atoms with Gasteiger partial charge >= 0.3 is 0 Å². The molecule has 1 spiro atoms. The monoisotopic (exact) mass is 437 g/mol. The zero-order valence-corrected chi connectivity index (χ0v) is 18.6. The number of carbonyl (C=O) groups is 2. The molecule has 0 bridgehead atoms. The highest BCUT2D eigenvalue weighted by molar-refractivity contribution is 5.93. The van der Waals surface area contributed by atoms with Gasteiger partial charge < -0.3 is 19.7 Å². The second kappa shape index (κ2) is 10.1. The molecule has 2 aromatic rings. The first kappa shape index (κ1) is 22.3. The Hall–Kier alpha value is -2.93. The molecule has 4 rings (SSSR count). The maximum absolute atomic E-state index is 12.6. The first-order chi connectivity index (χ1) is 15.5. The van der Waals surface area contributed by atoms with Crippen LogP contribution in [0.3, 0.4) is 0 Å². The van der Waals surface area contributed by atoms with Crippen molar-refractivity contribution in [3.63, 3.8) is 0 Å². The van der Waals surface area contributed by atoms with Crippen molar-refractivity contribution in [2.75, 3.05) is 32.8 Å². The van der Waals surface area contributed by atoms with Crippen molar-refractivity contribution in [1.82, 2.24) is 15.2 Å². The van der Waals surface area contributed by atoms with Gasteiger partial charge in [-0.05, 0) is 68.4 Å². The normalized spacial score (nSPS) is 20.0. The molecule has 0 aliphatic carbocycles. The fourth-order valence-corrected chi connectivity index (χ4v) is 4.60. The number of aromatic nitrogens is 1. The van der Waals surface area contributed by atoms with Crippen molar-refractivity contribution in [2.45, 2.75) is 38.2 Å². The second-order valence-corrected chi connectivity index (χ2v) is 8.82. The van der Waals surface area contributed by atoms with Gasteiger partial charge in [0.1, 0.15) is 5.75 Å². The minimum Gasteiger partial charge on any atom is -0.484 e. The Morgan fingerprint density at radius 2 is 2.00 bits per heavy atom. The van der Waals surface area contributed by atoms with Gasteiger partial charge in [-0.3, -0.25) is 14.6 Å². The Labute approximate surface area is 189 Å². The van der Waals surface area contributed by atoms with Gasteiger partial charge in [-0.15, -0.1) is 0 Å². The summed E-state index contributed by atoms with van der Waals surface area (Å²) in [5, 5.41) is 3.05. The van der Waals surface area contributed by atoms with Crippen LogP contribution in [0, 0.1) is 12.8 Å². The molecule has 2 aliphatic heterocycles. The quantitative estimate of drug-likeness (QED) is 0.752. The molecule has 3 heterocycles. The van der Waals surface area contributed by atoms with Crippen molar-refractivity contribution in [2.24, 2.45) is 5.92 Å². The molecule has 1 aromatic carbocycles. The molecule has 32 heavy (non-hydrogen) atoms. The van der Waals surface area contributed by atoms with E-state index in [1.54, 1.807) is 24.5 Å². The van der Waals surface area contributed by atoms with Gasteiger partial charge in [0.25, 0.3) is 11.8 Å². The number of hydrogen-bond donors (Lipinski definition) is 1. The smallest absolute Gasteiger partial charge is 0.260 e. The summed E-state index contributed by atoms with van der Waals surface area (Å²) in [5.41, 5.74) is 1.54. The Morgan fingerprint density at radius 1 is 1.22 bits per heavy atom. The number of piperidine rings is 1. The molecule has 2 fully saturated rings. The van der Waals surface area contributed by atoms with Gasteiger partial charge in [-0.2, -0.15) is 0 Å². The van der Waals surface area contributed by atoms with E-state index in [9.17, 15) is 9.59 Å². The SMILES string of the molecule is Cc1cccc(OCC(=O)N2CCC3(CC2)CC(CNC(=O)c2ccncc2)CCO3)c1. The fraction of sp³-hybridized carbons (Fsp3) is 0.480. The average Bonchev–Trinajstić information content (AvgIpc) is 2.82. The Bertz CT molecular complexity index is 926. The van der Waals surface area contributed by atoms with Crippen LogP contribution >= 0.6 is 0 Å². The predicted octanol–water partition coefficient (Wildman–Crippen LogP) is 2.99. The number of amides is 2. The first-order valence-corrected chi connectivity index (χ1v) is 11.3. The maximum Gasteiger partial charge on any atom is 0.260 e. The van der Waals surface area contributed by atoms with Gasteiger partial charge in [0, 0.05) is 44.2 Å². The largest absolute Gasteiger partial charge is 0.484 e. The molecule has 1 atom stereocenters. The Kier molecular flexibility index (Phi) is 7.05. The molecule has 2 amide bonds. The molecule has 7 heteroatoms. The number of likely N-dealkylation sites (tertiary alicyclic amines) is 1. The molecule has 2 aliphatic rings. The lowest BCUT2D eigenvalue weighted by molar-refractivity contribution is -0.148. The van der Waals surface area contributed by atoms with Crippen molar-refractivity contribution < 1.29 is 19.1 Å². The summed E-state index contributed by atoms with van der Waals surface area (Å²) < 4.78 is 11.9. The number of hydrogen-bond acceptors (Lipinski definition) is 5. The van der Waals surface area contributed by atoms with E-state index in [2.05, 4.69) is 10.3 Å². The summed E-state index contributed by atoms with van der Waals surface area (Å²) in [6.45, 7) is 4.74. The third-order valence-corrected chi connectivity index (χ3v) is 6.47. The van der Waals surface area contributed by atoms with E-state index in [1.807, 2.05) is 36.1 Å². The lowest BCUT2D eigenvalue weighted by Gasteiger charge is -2.46. The van der Waals surface area contributed by atoms with E-state index in [4.69, 9.17) is 9.47 Å². The molecule has 1 unspecified atom stereocenters. The predicted molar refractivity (Wildman–Crippen MR) is 120 cm³/mol. The molecule has 1 N–H and O–H groups in total. The van der Waals surface area contributed by atoms with Crippen LogP contribution in [-0.4, -0.2) is 60.1 Å². The van der Waals surface area contributed by atoms with Crippen molar-refractivity contribution >= 4 is 11.8 Å². The molecule has 2 saturated heterocycles. The lowest BCUT2D eigenvalue weighted by atomic mass is 9.79. The van der Waals surface area contributed by atoms with Gasteiger partial charge in [-0.1, -0.05) is 12.1 Å². The lowest BCUT2D eigenvalue weighted by Crippen LogP contribution is -2.52. The topological polar surface area (TPSA) is 80.8 Å². The second-order valence-electron chi connectivity index (χ2n) is 8.82. The summed E-state index contributed by atoms with van der Waals surface area (Å²) in [4.78, 5) is 30.8. The minimum atomic E-state index is -0.196. The number of aryl methyl sites for hydroxylation is 1. The number of nitrogens with one attached hydrogen (secondary N) is 1. The van der Waals surface area contributed by atoms with Crippen LogP contribution in [0.2, 0.25) is 0 Å². The van der Waals surface area contributed by atoms with Crippen LogP contribution in [0.1, 0.15) is 41.6 Å². The standard InChI is InChI=1S/C25H31N3O4/c1-19-3-2-4-22(15-19)31-18-23(29)28-12-8-25(9-13-28)16-20(7-14-32-25)17-27-24(30)21-5-10-26-11-6-21/h2-6,10-11,15,20H,7-9,12-14,16-18H2,1H3,(H,27,30). The zero-order valence-electron chi connectivity index (χ0n) is 18.6. The fourth-order valence-electron chi connectivity index (χ4n) is 4.60. The third kappa shape index (κ3) is 5.65. The van der Waals surface area contributed by atoms with Gasteiger partial charge in [0.05, 0.1) is 5.60 Å². The van der Waals surface area contributed by atoms with Crippen LogP contribution in [0.25, 0.3) is 0 Å². The maximum atomic E-state index is 12.6. The number of carbonyl (C=O) groups excluding carboxylic acids is 2. The molecule has 0 radical (unpaired) electrons. The highest BCUT2D eigenvalue weighted by Crippen LogP contribution is 2.37. The summed E-state index contributed by atoms with van der Waals surface area (Å²) in [5.74, 6) is 1.04. The van der Waals surface area contributed by atoms with Crippen molar-refractivity contribution in [3.05, 3.63) is 59.9 Å². The molecular weight excluding hydrogens is 406 g/mol. The molecular formula is C25H31N3O4. The number of nitrogens with zero attached hydrogens (tertiary/aromatic N) is 2. The van der Waals surface area contributed by atoms with Crippen LogP contribution in [-0.2, 0) is 9.53 Å². The number of ether oxygens (including phenoxy) is 2. The highest BCUT2D eigenvalue weighted by Gasteiger charge is 2.41. The first-order valence-electron chi connectivity index (χ1n) is 11.3. The van der Waals surface area contributed by atoms with Crippen molar-refractivity contribution in [3.8, 4) is 5.75 Å². The summed E-state index contributed by atoms with van der Waals surface area (Å²) in [6, 6.07) is 11.2. The summed E-state index contributed by atoms with van der Waals surface area (Å²) in [6.07, 6.45) is 6.73. The summed E-state index contributed by atoms with van der Waals surface area (Å²) >= 11 is 0. The molecule has 0 saturated carbocycles. The van der Waals surface area contributed by atoms with Crippen LogP contribution in [0.15, 0.2) is 48.8 Å². The van der Waals surface area contributed by atoms with E-state index in [-0.39, 0.29) is 24.0 Å². The molecule has 1 aromatic heterocycles. The summed E-state index contributed by atoms with van der Waals surface area (Å²) in [7, 11) is 0. The van der Waals surface area contributed by atoms with E-state index >= 15 is 0 Å². The zero-order chi connectivity index (χ0) is 22.4. The molecule has 7 nitrogen and oxygen atoms in total. The van der Waals surface area contributed by atoms with E-state index in [0.29, 0.717) is 37.7 Å². The van der Waals surface area contributed by atoms with E-state index in [0.717, 1.165) is 37.0 Å². The van der Waals surface area contributed by atoms with Gasteiger partial charge in [0.15, 0.2) is 6.61 Å². The number of pyridine rings is 1. The Morgan fingerprint density at radius 3 is 2.75 bits per heavy atom. The minimum absolute atomic E-state index is 0.0123.